The zero-order chi connectivity index (χ0) is 20.1. The highest BCUT2D eigenvalue weighted by atomic mass is 15.1. The van der Waals surface area contributed by atoms with Gasteiger partial charge in [0.15, 0.2) is 0 Å². The molecule has 5 nitrogen and oxygen atoms in total. The van der Waals surface area contributed by atoms with Gasteiger partial charge in [-0.3, -0.25) is 4.98 Å². The van der Waals surface area contributed by atoms with E-state index in [1.165, 1.54) is 5.56 Å². The first kappa shape index (κ1) is 18.6. The summed E-state index contributed by atoms with van der Waals surface area (Å²) in [5.41, 5.74) is 6.23. The maximum absolute atomic E-state index is 4.74. The molecule has 0 unspecified atom stereocenters. The van der Waals surface area contributed by atoms with Crippen LogP contribution in [0, 0.1) is 13.8 Å². The first-order valence-electron chi connectivity index (χ1n) is 9.60. The number of nitrogens with one attached hydrogen (secondary N) is 2. The Labute approximate surface area is 170 Å². The molecule has 0 aliphatic rings. The van der Waals surface area contributed by atoms with Gasteiger partial charge in [-0.15, -0.1) is 0 Å². The highest BCUT2D eigenvalue weighted by Gasteiger charge is 2.09. The number of anilines is 3. The molecule has 0 saturated carbocycles. The molecular formula is C24H23N5. The van der Waals surface area contributed by atoms with Gasteiger partial charge in [0.1, 0.15) is 5.82 Å². The van der Waals surface area contributed by atoms with E-state index in [0.717, 1.165) is 34.0 Å². The lowest BCUT2D eigenvalue weighted by atomic mass is 10.1. The topological polar surface area (TPSA) is 62.7 Å². The van der Waals surface area contributed by atoms with Gasteiger partial charge in [-0.2, -0.15) is 4.98 Å². The van der Waals surface area contributed by atoms with E-state index in [1.54, 1.807) is 6.20 Å². The average molecular weight is 381 g/mol. The largest absolute Gasteiger partial charge is 0.364 e. The molecule has 0 saturated heterocycles. The minimum Gasteiger partial charge on any atom is -0.364 e. The standard InChI is InChI=1S/C24H23N5/c1-17-11-12-21(18(2)14-17)27-24-28-22(19-8-4-3-5-9-19)15-23(29-24)26-16-20-10-6-7-13-25-20/h3-15H,16H2,1-2H3,(H2,26,27,28,29). The summed E-state index contributed by atoms with van der Waals surface area (Å²) >= 11 is 0. The summed E-state index contributed by atoms with van der Waals surface area (Å²) in [7, 11) is 0. The minimum absolute atomic E-state index is 0.557. The fraction of sp³-hybridized carbons (Fsp3) is 0.125. The van der Waals surface area contributed by atoms with Crippen LogP contribution in [0.25, 0.3) is 11.3 Å². The highest BCUT2D eigenvalue weighted by Crippen LogP contribution is 2.25. The Morgan fingerprint density at radius 3 is 2.41 bits per heavy atom. The molecule has 5 heteroatoms. The van der Waals surface area contributed by atoms with Crippen LogP contribution in [0.5, 0.6) is 0 Å². The number of benzene rings is 2. The number of hydrogen-bond acceptors (Lipinski definition) is 5. The Morgan fingerprint density at radius 1 is 0.828 bits per heavy atom. The van der Waals surface area contributed by atoms with Crippen molar-refractivity contribution in [2.75, 3.05) is 10.6 Å². The van der Waals surface area contributed by atoms with Gasteiger partial charge in [0.25, 0.3) is 0 Å². The number of rotatable bonds is 6. The Balaban J connectivity index is 1.66. The van der Waals surface area contributed by atoms with Crippen LogP contribution in [0.15, 0.2) is 79.0 Å². The molecule has 2 heterocycles. The Hall–Kier alpha value is -3.73. The number of aryl methyl sites for hydroxylation is 2. The molecule has 29 heavy (non-hydrogen) atoms. The molecule has 0 fully saturated rings. The Kier molecular flexibility index (Phi) is 5.47. The second-order valence-electron chi connectivity index (χ2n) is 6.95. The zero-order valence-electron chi connectivity index (χ0n) is 16.6. The molecule has 0 bridgehead atoms. The monoisotopic (exact) mass is 381 g/mol. The fourth-order valence-electron chi connectivity index (χ4n) is 3.11. The van der Waals surface area contributed by atoms with Gasteiger partial charge in [0.2, 0.25) is 5.95 Å². The quantitative estimate of drug-likeness (QED) is 0.461. The average Bonchev–Trinajstić information content (AvgIpc) is 2.75. The van der Waals surface area contributed by atoms with Crippen molar-refractivity contribution in [1.29, 1.82) is 0 Å². The molecule has 0 spiro atoms. The zero-order valence-corrected chi connectivity index (χ0v) is 16.6. The molecule has 2 aromatic heterocycles. The molecular weight excluding hydrogens is 358 g/mol. The number of hydrogen-bond donors (Lipinski definition) is 2. The van der Waals surface area contributed by atoms with Crippen LogP contribution in [0.1, 0.15) is 16.8 Å². The van der Waals surface area contributed by atoms with E-state index in [9.17, 15) is 0 Å². The summed E-state index contributed by atoms with van der Waals surface area (Å²) in [6, 6.07) is 24.2. The fourth-order valence-corrected chi connectivity index (χ4v) is 3.11. The van der Waals surface area contributed by atoms with Crippen molar-refractivity contribution in [3.63, 3.8) is 0 Å². The lowest BCUT2D eigenvalue weighted by molar-refractivity contribution is 1.02. The molecule has 0 atom stereocenters. The van der Waals surface area contributed by atoms with Crippen LogP contribution < -0.4 is 10.6 Å². The summed E-state index contributed by atoms with van der Waals surface area (Å²) in [4.78, 5) is 13.8. The molecule has 2 N–H and O–H groups in total. The molecule has 4 rings (SSSR count). The summed E-state index contributed by atoms with van der Waals surface area (Å²) in [6.45, 7) is 4.76. The van der Waals surface area contributed by atoms with Crippen LogP contribution in [0.4, 0.5) is 17.5 Å². The number of pyridine rings is 1. The third-order valence-corrected chi connectivity index (χ3v) is 4.60. The summed E-state index contributed by atoms with van der Waals surface area (Å²) in [6.07, 6.45) is 1.79. The highest BCUT2D eigenvalue weighted by molar-refractivity contribution is 5.67. The van der Waals surface area contributed by atoms with Crippen molar-refractivity contribution < 1.29 is 0 Å². The summed E-state index contributed by atoms with van der Waals surface area (Å²) < 4.78 is 0. The van der Waals surface area contributed by atoms with Gasteiger partial charge >= 0.3 is 0 Å². The lowest BCUT2D eigenvalue weighted by Gasteiger charge is -2.13. The number of aromatic nitrogens is 3. The summed E-state index contributed by atoms with van der Waals surface area (Å²) in [5.74, 6) is 1.30. The molecule has 0 radical (unpaired) electrons. The van der Waals surface area contributed by atoms with Crippen LogP contribution in [-0.2, 0) is 6.54 Å². The maximum atomic E-state index is 4.74. The van der Waals surface area contributed by atoms with Crippen LogP contribution >= 0.6 is 0 Å². The SMILES string of the molecule is Cc1ccc(Nc2nc(NCc3ccccn3)cc(-c3ccccc3)n2)c(C)c1. The van der Waals surface area contributed by atoms with E-state index in [4.69, 9.17) is 4.98 Å². The molecule has 2 aromatic carbocycles. The van der Waals surface area contributed by atoms with Crippen molar-refractivity contribution >= 4 is 17.5 Å². The minimum atomic E-state index is 0.557. The second-order valence-corrected chi connectivity index (χ2v) is 6.95. The van der Waals surface area contributed by atoms with Gasteiger partial charge in [-0.05, 0) is 37.6 Å². The van der Waals surface area contributed by atoms with E-state index in [1.807, 2.05) is 54.6 Å². The Bertz CT molecular complexity index is 1090. The second kappa shape index (κ2) is 8.52. The number of nitrogens with zero attached hydrogens (tertiary/aromatic N) is 3. The Morgan fingerprint density at radius 2 is 1.66 bits per heavy atom. The van der Waals surface area contributed by atoms with E-state index in [-0.39, 0.29) is 0 Å². The molecule has 0 aliphatic heterocycles. The van der Waals surface area contributed by atoms with Crippen molar-refractivity contribution in [3.05, 3.63) is 95.8 Å². The predicted molar refractivity (Wildman–Crippen MR) is 118 cm³/mol. The maximum Gasteiger partial charge on any atom is 0.229 e. The van der Waals surface area contributed by atoms with Crippen molar-refractivity contribution in [3.8, 4) is 11.3 Å². The van der Waals surface area contributed by atoms with Crippen molar-refractivity contribution in [2.24, 2.45) is 0 Å². The van der Waals surface area contributed by atoms with Gasteiger partial charge in [-0.25, -0.2) is 4.98 Å². The third kappa shape index (κ3) is 4.76. The molecule has 144 valence electrons. The van der Waals surface area contributed by atoms with Gasteiger partial charge in [-0.1, -0.05) is 54.1 Å². The van der Waals surface area contributed by atoms with E-state index >= 15 is 0 Å². The van der Waals surface area contributed by atoms with Crippen LogP contribution in [-0.4, -0.2) is 15.0 Å². The van der Waals surface area contributed by atoms with Crippen molar-refractivity contribution in [2.45, 2.75) is 20.4 Å². The smallest absolute Gasteiger partial charge is 0.229 e. The van der Waals surface area contributed by atoms with Gasteiger partial charge < -0.3 is 10.6 Å². The predicted octanol–water partition coefficient (Wildman–Crippen LogP) is 5.51. The summed E-state index contributed by atoms with van der Waals surface area (Å²) in [5, 5.41) is 6.74. The van der Waals surface area contributed by atoms with Crippen LogP contribution in [0.2, 0.25) is 0 Å². The normalized spacial score (nSPS) is 10.6. The lowest BCUT2D eigenvalue weighted by Crippen LogP contribution is -2.07. The van der Waals surface area contributed by atoms with Crippen molar-refractivity contribution in [1.82, 2.24) is 15.0 Å². The van der Waals surface area contributed by atoms with E-state index < -0.39 is 0 Å². The van der Waals surface area contributed by atoms with Crippen LogP contribution in [0.3, 0.4) is 0 Å². The van der Waals surface area contributed by atoms with Gasteiger partial charge in [0, 0.05) is 23.5 Å². The first-order valence-corrected chi connectivity index (χ1v) is 9.60. The van der Waals surface area contributed by atoms with Gasteiger partial charge in [0.05, 0.1) is 17.9 Å². The third-order valence-electron chi connectivity index (χ3n) is 4.60. The molecule has 0 aliphatic carbocycles. The molecule has 4 aromatic rings. The first-order chi connectivity index (χ1) is 14.2. The van der Waals surface area contributed by atoms with E-state index in [0.29, 0.717) is 12.5 Å². The van der Waals surface area contributed by atoms with E-state index in [2.05, 4.69) is 52.6 Å². The molecule has 0 amide bonds.